The number of aromatic nitrogens is 2. The average molecular weight is 502 g/mol. The van der Waals surface area contributed by atoms with E-state index in [9.17, 15) is 14.4 Å². The molecule has 4 aromatic rings. The zero-order valence-corrected chi connectivity index (χ0v) is 18.9. The lowest BCUT2D eigenvalue weighted by Gasteiger charge is -2.10. The van der Waals surface area contributed by atoms with Crippen molar-refractivity contribution in [1.29, 1.82) is 0 Å². The van der Waals surface area contributed by atoms with Gasteiger partial charge in [0.2, 0.25) is 0 Å². The summed E-state index contributed by atoms with van der Waals surface area (Å²) in [5.74, 6) is -1.10. The molecule has 4 rings (SSSR count). The molecule has 0 unspecified atom stereocenters. The molecule has 0 radical (unpaired) electrons. The Bertz CT molecular complexity index is 1350. The zero-order valence-electron chi connectivity index (χ0n) is 16.5. The number of ether oxygens (including phenoxy) is 1. The first kappa shape index (κ1) is 21.0. The number of anilines is 1. The maximum Gasteiger partial charge on any atom is 0.359 e. The standard InChI is InChI=1S/C21H16BrN3O5S/c1-3-29-21(28)17-13-10-31-19(23-18(26)14-8-9-15(22)30-14)16(13)20(27)25(24-17)12-6-4-11(2)5-7-12/h4-10H,3H2,1-2H3,(H,23,26). The average Bonchev–Trinajstić information content (AvgIpc) is 3.36. The van der Waals surface area contributed by atoms with Crippen molar-refractivity contribution < 1.29 is 18.7 Å². The molecule has 0 aliphatic rings. The smallest absolute Gasteiger partial charge is 0.359 e. The summed E-state index contributed by atoms with van der Waals surface area (Å²) in [6.07, 6.45) is 0. The van der Waals surface area contributed by atoms with Gasteiger partial charge in [0.25, 0.3) is 11.5 Å². The Kier molecular flexibility index (Phi) is 5.75. The fraction of sp³-hybridized carbons (Fsp3) is 0.143. The summed E-state index contributed by atoms with van der Waals surface area (Å²) in [6, 6.07) is 10.2. The van der Waals surface area contributed by atoms with E-state index in [-0.39, 0.29) is 28.4 Å². The second-order valence-corrected chi connectivity index (χ2v) is 8.19. The van der Waals surface area contributed by atoms with E-state index >= 15 is 0 Å². The quantitative estimate of drug-likeness (QED) is 0.402. The van der Waals surface area contributed by atoms with E-state index in [2.05, 4.69) is 26.3 Å². The van der Waals surface area contributed by atoms with E-state index in [0.29, 0.717) is 15.7 Å². The van der Waals surface area contributed by atoms with Crippen molar-refractivity contribution in [2.45, 2.75) is 13.8 Å². The first-order chi connectivity index (χ1) is 14.9. The van der Waals surface area contributed by atoms with E-state index in [4.69, 9.17) is 9.15 Å². The van der Waals surface area contributed by atoms with E-state index in [0.717, 1.165) is 21.6 Å². The molecule has 0 saturated heterocycles. The molecule has 1 amide bonds. The van der Waals surface area contributed by atoms with Crippen molar-refractivity contribution in [2.75, 3.05) is 11.9 Å². The van der Waals surface area contributed by atoms with Gasteiger partial charge < -0.3 is 14.5 Å². The Hall–Kier alpha value is -3.24. The summed E-state index contributed by atoms with van der Waals surface area (Å²) in [7, 11) is 0. The first-order valence-corrected chi connectivity index (χ1v) is 10.9. The van der Waals surface area contributed by atoms with E-state index in [1.54, 1.807) is 30.5 Å². The third-order valence-corrected chi connectivity index (χ3v) is 5.75. The molecule has 0 fully saturated rings. The van der Waals surface area contributed by atoms with E-state index in [1.165, 1.54) is 6.07 Å². The Labute approximate surface area is 188 Å². The Morgan fingerprint density at radius 1 is 1.23 bits per heavy atom. The van der Waals surface area contributed by atoms with Gasteiger partial charge in [-0.15, -0.1) is 11.3 Å². The van der Waals surface area contributed by atoms with Crippen LogP contribution in [0.15, 0.2) is 55.7 Å². The monoisotopic (exact) mass is 501 g/mol. The van der Waals surface area contributed by atoms with E-state index in [1.807, 2.05) is 19.1 Å². The van der Waals surface area contributed by atoms with Gasteiger partial charge >= 0.3 is 5.97 Å². The summed E-state index contributed by atoms with van der Waals surface area (Å²) >= 11 is 4.27. The molecule has 3 heterocycles. The minimum Gasteiger partial charge on any atom is -0.461 e. The van der Waals surface area contributed by atoms with Gasteiger partial charge in [0, 0.05) is 10.8 Å². The molecular formula is C21H16BrN3O5S. The number of aryl methyl sites for hydroxylation is 1. The van der Waals surface area contributed by atoms with Crippen LogP contribution in [0, 0.1) is 6.92 Å². The number of halogens is 1. The normalized spacial score (nSPS) is 10.9. The van der Waals surface area contributed by atoms with Gasteiger partial charge in [0.05, 0.1) is 17.7 Å². The predicted molar refractivity (Wildman–Crippen MR) is 120 cm³/mol. The number of amides is 1. The molecule has 0 bridgehead atoms. The molecule has 31 heavy (non-hydrogen) atoms. The number of carbonyl (C=O) groups excluding carboxylic acids is 2. The Morgan fingerprint density at radius 2 is 1.97 bits per heavy atom. The number of fused-ring (bicyclic) bond motifs is 1. The maximum absolute atomic E-state index is 13.3. The largest absolute Gasteiger partial charge is 0.461 e. The van der Waals surface area contributed by atoms with Crippen LogP contribution in [0.3, 0.4) is 0 Å². The SMILES string of the molecule is CCOC(=O)c1nn(-c2ccc(C)cc2)c(=O)c2c(NC(=O)c3ccc(Br)o3)scc12. The Morgan fingerprint density at radius 3 is 2.61 bits per heavy atom. The molecule has 1 aromatic carbocycles. The second kappa shape index (κ2) is 8.48. The molecule has 8 nitrogen and oxygen atoms in total. The molecule has 0 aliphatic carbocycles. The van der Waals surface area contributed by atoms with Gasteiger partial charge in [-0.05, 0) is 54.0 Å². The number of thiophene rings is 1. The molecule has 10 heteroatoms. The van der Waals surface area contributed by atoms with Crippen molar-refractivity contribution in [3.63, 3.8) is 0 Å². The highest BCUT2D eigenvalue weighted by atomic mass is 79.9. The van der Waals surface area contributed by atoms with Gasteiger partial charge in [-0.3, -0.25) is 9.59 Å². The molecule has 3 aromatic heterocycles. The third-order valence-electron chi connectivity index (χ3n) is 4.42. The molecule has 0 spiro atoms. The van der Waals surface area contributed by atoms with Gasteiger partial charge in [-0.25, -0.2) is 4.79 Å². The zero-order chi connectivity index (χ0) is 22.1. The van der Waals surface area contributed by atoms with E-state index < -0.39 is 17.4 Å². The topological polar surface area (TPSA) is 103 Å². The number of nitrogens with zero attached hydrogens (tertiary/aromatic N) is 2. The van der Waals surface area contributed by atoms with Crippen LogP contribution in [0.5, 0.6) is 0 Å². The minimum atomic E-state index is -0.654. The highest BCUT2D eigenvalue weighted by Crippen LogP contribution is 2.31. The number of esters is 1. The lowest BCUT2D eigenvalue weighted by atomic mass is 10.2. The first-order valence-electron chi connectivity index (χ1n) is 9.24. The number of hydrogen-bond donors (Lipinski definition) is 1. The number of nitrogens with one attached hydrogen (secondary N) is 1. The summed E-state index contributed by atoms with van der Waals surface area (Å²) in [6.45, 7) is 3.77. The van der Waals surface area contributed by atoms with Crippen molar-refractivity contribution in [1.82, 2.24) is 9.78 Å². The number of benzene rings is 1. The molecule has 0 atom stereocenters. The Balaban J connectivity index is 1.89. The highest BCUT2D eigenvalue weighted by molar-refractivity contribution is 9.10. The summed E-state index contributed by atoms with van der Waals surface area (Å²) in [5, 5.41) is 9.33. The molecule has 1 N–H and O–H groups in total. The minimum absolute atomic E-state index is 0.00508. The molecular weight excluding hydrogens is 486 g/mol. The van der Waals surface area contributed by atoms with Crippen LogP contribution in [0.4, 0.5) is 5.00 Å². The van der Waals surface area contributed by atoms with Crippen molar-refractivity contribution in [3.05, 3.63) is 73.8 Å². The number of rotatable bonds is 5. The van der Waals surface area contributed by atoms with Gasteiger partial charge in [-0.1, -0.05) is 17.7 Å². The lowest BCUT2D eigenvalue weighted by molar-refractivity contribution is 0.0520. The second-order valence-electron chi connectivity index (χ2n) is 6.53. The lowest BCUT2D eigenvalue weighted by Crippen LogP contribution is -2.25. The molecule has 0 aliphatic heterocycles. The van der Waals surface area contributed by atoms with Gasteiger partial charge in [0.1, 0.15) is 5.00 Å². The number of furan rings is 1. The van der Waals surface area contributed by atoms with Crippen LogP contribution in [-0.4, -0.2) is 28.3 Å². The molecule has 0 saturated carbocycles. The fourth-order valence-electron chi connectivity index (χ4n) is 2.95. The van der Waals surface area contributed by atoms with Crippen LogP contribution in [0.1, 0.15) is 33.5 Å². The van der Waals surface area contributed by atoms with Crippen molar-refractivity contribution in [2.24, 2.45) is 0 Å². The fourth-order valence-corrected chi connectivity index (χ4v) is 4.19. The van der Waals surface area contributed by atoms with Gasteiger partial charge in [0.15, 0.2) is 16.1 Å². The summed E-state index contributed by atoms with van der Waals surface area (Å²) in [5.41, 5.74) is 1.02. The highest BCUT2D eigenvalue weighted by Gasteiger charge is 2.24. The number of carbonyl (C=O) groups is 2. The predicted octanol–water partition coefficient (Wildman–Crippen LogP) is 4.54. The summed E-state index contributed by atoms with van der Waals surface area (Å²) in [4.78, 5) is 38.4. The van der Waals surface area contributed by atoms with Crippen LogP contribution < -0.4 is 10.9 Å². The van der Waals surface area contributed by atoms with Crippen LogP contribution in [0.25, 0.3) is 16.5 Å². The third kappa shape index (κ3) is 4.04. The van der Waals surface area contributed by atoms with Crippen molar-refractivity contribution in [3.8, 4) is 5.69 Å². The number of hydrogen-bond acceptors (Lipinski definition) is 7. The van der Waals surface area contributed by atoms with Crippen LogP contribution in [-0.2, 0) is 4.74 Å². The molecule has 158 valence electrons. The maximum atomic E-state index is 13.3. The van der Waals surface area contributed by atoms with Crippen LogP contribution >= 0.6 is 27.3 Å². The van der Waals surface area contributed by atoms with Gasteiger partial charge in [-0.2, -0.15) is 9.78 Å². The summed E-state index contributed by atoms with van der Waals surface area (Å²) < 4.78 is 11.9. The van der Waals surface area contributed by atoms with Crippen molar-refractivity contribution >= 4 is 54.9 Å². The van der Waals surface area contributed by atoms with Crippen LogP contribution in [0.2, 0.25) is 0 Å².